The highest BCUT2D eigenvalue weighted by atomic mass is 31.3. The van der Waals surface area contributed by atoms with Crippen molar-refractivity contribution in [1.29, 1.82) is 0 Å². The Kier molecular flexibility index (Phi) is 5.58. The van der Waals surface area contributed by atoms with Crippen molar-refractivity contribution in [3.63, 3.8) is 0 Å². The average molecular weight is 292 g/mol. The summed E-state index contributed by atoms with van der Waals surface area (Å²) in [6.45, 7) is 20.3. The quantitative estimate of drug-likeness (QED) is 0.770. The third kappa shape index (κ3) is 3.42. The van der Waals surface area contributed by atoms with Gasteiger partial charge in [-0.2, -0.15) is 0 Å². The van der Waals surface area contributed by atoms with Crippen LogP contribution >= 0.6 is 16.7 Å². The summed E-state index contributed by atoms with van der Waals surface area (Å²) >= 11 is 0. The first-order valence-corrected chi connectivity index (χ1v) is 9.31. The predicted molar refractivity (Wildman–Crippen MR) is 84.4 cm³/mol. The van der Waals surface area contributed by atoms with E-state index in [2.05, 4.69) is 74.4 Å². The van der Waals surface area contributed by atoms with Crippen LogP contribution in [0, 0.1) is 0 Å². The zero-order chi connectivity index (χ0) is 14.1. The van der Waals surface area contributed by atoms with Gasteiger partial charge < -0.3 is 0 Å². The predicted octanol–water partition coefficient (Wildman–Crippen LogP) is 3.87. The summed E-state index contributed by atoms with van der Waals surface area (Å²) in [7, 11) is -0.738. The number of nitrogens with zero attached hydrogens (tertiary/aromatic N) is 2. The van der Waals surface area contributed by atoms with E-state index in [9.17, 15) is 0 Å². The van der Waals surface area contributed by atoms with Crippen LogP contribution in [0.2, 0.25) is 0 Å². The maximum atomic E-state index is 3.68. The molecule has 0 saturated carbocycles. The van der Waals surface area contributed by atoms with E-state index < -0.39 is 0 Å². The van der Waals surface area contributed by atoms with Crippen LogP contribution in [0.4, 0.5) is 0 Å². The molecule has 0 atom stereocenters. The van der Waals surface area contributed by atoms with Crippen LogP contribution in [0.25, 0.3) is 0 Å². The maximum absolute atomic E-state index is 3.68. The van der Waals surface area contributed by atoms with Crippen LogP contribution < -0.4 is 10.2 Å². The fraction of sp³-hybridized carbons (Fsp3) is 1.00. The lowest BCUT2D eigenvalue weighted by molar-refractivity contribution is 0.273. The van der Waals surface area contributed by atoms with Crippen LogP contribution in [0.3, 0.4) is 0 Å². The second-order valence-electron chi connectivity index (χ2n) is 6.52. The molecule has 6 heteroatoms. The van der Waals surface area contributed by atoms with Gasteiger partial charge in [0.05, 0.1) is 0 Å². The lowest BCUT2D eigenvalue weighted by Gasteiger charge is -2.64. The molecule has 1 aliphatic rings. The largest absolute Gasteiger partial charge is 0.271 e. The summed E-state index contributed by atoms with van der Waals surface area (Å²) in [5.41, 5.74) is 0.424. The molecule has 108 valence electrons. The van der Waals surface area contributed by atoms with Gasteiger partial charge in [-0.3, -0.25) is 10.2 Å². The van der Waals surface area contributed by atoms with Crippen molar-refractivity contribution in [3.05, 3.63) is 0 Å². The minimum absolute atomic E-state index is 0.212. The van der Waals surface area contributed by atoms with Gasteiger partial charge in [0.15, 0.2) is 0 Å². The fourth-order valence-corrected chi connectivity index (χ4v) is 8.16. The number of rotatable bonds is 4. The van der Waals surface area contributed by atoms with Gasteiger partial charge in [-0.25, -0.2) is 8.88 Å². The minimum Gasteiger partial charge on any atom is -0.271 e. The van der Waals surface area contributed by atoms with Crippen molar-refractivity contribution in [1.82, 2.24) is 19.1 Å². The van der Waals surface area contributed by atoms with Crippen LogP contribution in [0.5, 0.6) is 0 Å². The Hall–Kier alpha value is 0.700. The van der Waals surface area contributed by atoms with Crippen LogP contribution in [-0.4, -0.2) is 33.0 Å². The second-order valence-corrected chi connectivity index (χ2v) is 10.5. The van der Waals surface area contributed by atoms with Gasteiger partial charge >= 0.3 is 0 Å². The van der Waals surface area contributed by atoms with Crippen molar-refractivity contribution in [2.75, 3.05) is 13.1 Å². The monoisotopic (exact) mass is 292 g/mol. The molecule has 0 aliphatic carbocycles. The van der Waals surface area contributed by atoms with Gasteiger partial charge in [-0.15, -0.1) is 0 Å². The van der Waals surface area contributed by atoms with Crippen molar-refractivity contribution >= 4 is 16.7 Å². The molecule has 1 rings (SSSR count). The molecular formula is C12H30N4P2. The molecule has 0 aromatic rings. The maximum Gasteiger partial charge on any atom is 0.129 e. The third-order valence-electron chi connectivity index (χ3n) is 2.52. The lowest BCUT2D eigenvalue weighted by atomic mass is 10.1. The summed E-state index contributed by atoms with van der Waals surface area (Å²) in [5.74, 6) is 0. The van der Waals surface area contributed by atoms with Crippen LogP contribution in [-0.2, 0) is 0 Å². The summed E-state index contributed by atoms with van der Waals surface area (Å²) in [6, 6.07) is 0. The standard InChI is InChI=1S/C12H30N4P2/c1-9-13-17-15(11(3,4)5)18(14-10-2)16(17)12(6,7)8/h13-14H,9-10H2,1-8H3. The first-order chi connectivity index (χ1) is 8.14. The molecule has 0 radical (unpaired) electrons. The van der Waals surface area contributed by atoms with E-state index in [1.807, 2.05) is 0 Å². The first kappa shape index (κ1) is 16.8. The zero-order valence-electron chi connectivity index (χ0n) is 13.2. The zero-order valence-corrected chi connectivity index (χ0v) is 15.0. The normalized spacial score (nSPS) is 27.3. The van der Waals surface area contributed by atoms with Crippen LogP contribution in [0.15, 0.2) is 0 Å². The highest BCUT2D eigenvalue weighted by Crippen LogP contribution is 2.77. The highest BCUT2D eigenvalue weighted by molar-refractivity contribution is 7.80. The number of hydrogen-bond acceptors (Lipinski definition) is 4. The molecule has 0 unspecified atom stereocenters. The summed E-state index contributed by atoms with van der Waals surface area (Å²) < 4.78 is 5.30. The molecule has 0 spiro atoms. The topological polar surface area (TPSA) is 30.5 Å². The highest BCUT2D eigenvalue weighted by Gasteiger charge is 2.55. The SMILES string of the molecule is CCNP1N(C(C)(C)C)P(NCC)N1C(C)(C)C. The molecule has 1 aliphatic heterocycles. The van der Waals surface area contributed by atoms with Crippen molar-refractivity contribution in [2.24, 2.45) is 0 Å². The van der Waals surface area contributed by atoms with Gasteiger partial charge in [-0.1, -0.05) is 13.8 Å². The Balaban J connectivity index is 2.95. The van der Waals surface area contributed by atoms with Gasteiger partial charge in [0.1, 0.15) is 16.7 Å². The Morgan fingerprint density at radius 3 is 1.17 bits per heavy atom. The number of nitrogens with one attached hydrogen (secondary N) is 2. The van der Waals surface area contributed by atoms with Crippen LogP contribution in [0.1, 0.15) is 55.4 Å². The molecule has 1 heterocycles. The van der Waals surface area contributed by atoms with Crippen molar-refractivity contribution in [2.45, 2.75) is 66.5 Å². The smallest absolute Gasteiger partial charge is 0.129 e. The first-order valence-electron chi connectivity index (χ1n) is 6.82. The van der Waals surface area contributed by atoms with Crippen molar-refractivity contribution in [3.8, 4) is 0 Å². The third-order valence-corrected chi connectivity index (χ3v) is 9.58. The molecule has 0 bridgehead atoms. The Bertz CT molecular complexity index is 236. The van der Waals surface area contributed by atoms with Gasteiger partial charge in [0, 0.05) is 11.1 Å². The molecule has 4 nitrogen and oxygen atoms in total. The van der Waals surface area contributed by atoms with E-state index in [1.165, 1.54) is 0 Å². The van der Waals surface area contributed by atoms with E-state index in [0.29, 0.717) is 0 Å². The van der Waals surface area contributed by atoms with Gasteiger partial charge in [0.2, 0.25) is 0 Å². The lowest BCUT2D eigenvalue weighted by Crippen LogP contribution is -2.58. The average Bonchev–Trinajstić information content (AvgIpc) is 2.10. The van der Waals surface area contributed by atoms with E-state index in [0.717, 1.165) is 13.1 Å². The van der Waals surface area contributed by atoms with Gasteiger partial charge in [-0.05, 0) is 54.6 Å². The summed E-state index contributed by atoms with van der Waals surface area (Å²) in [6.07, 6.45) is 0. The van der Waals surface area contributed by atoms with Gasteiger partial charge in [0.25, 0.3) is 0 Å². The minimum atomic E-state index is -0.369. The molecule has 1 fully saturated rings. The van der Waals surface area contributed by atoms with E-state index in [-0.39, 0.29) is 27.8 Å². The summed E-state index contributed by atoms with van der Waals surface area (Å²) in [5, 5.41) is 7.35. The molecular weight excluding hydrogens is 262 g/mol. The molecule has 1 saturated heterocycles. The number of hydrogen-bond donors (Lipinski definition) is 2. The Labute approximate surface area is 116 Å². The summed E-state index contributed by atoms with van der Waals surface area (Å²) in [4.78, 5) is 0. The molecule has 0 aromatic carbocycles. The second kappa shape index (κ2) is 5.99. The fourth-order valence-electron chi connectivity index (χ4n) is 1.98. The molecule has 0 amide bonds. The van der Waals surface area contributed by atoms with E-state index in [1.54, 1.807) is 0 Å². The van der Waals surface area contributed by atoms with E-state index in [4.69, 9.17) is 0 Å². The Morgan fingerprint density at radius 2 is 1.00 bits per heavy atom. The molecule has 2 N–H and O–H groups in total. The van der Waals surface area contributed by atoms with E-state index >= 15 is 0 Å². The molecule has 18 heavy (non-hydrogen) atoms. The van der Waals surface area contributed by atoms with Crippen molar-refractivity contribution < 1.29 is 0 Å². The Morgan fingerprint density at radius 1 is 0.722 bits per heavy atom. The molecule has 0 aromatic heterocycles.